The number of likely N-dealkylation sites (tertiary alicyclic amines) is 1. The van der Waals surface area contributed by atoms with Crippen molar-refractivity contribution in [2.45, 2.75) is 45.2 Å². The minimum absolute atomic E-state index is 0. The zero-order valence-corrected chi connectivity index (χ0v) is 20.1. The van der Waals surface area contributed by atoms with E-state index in [1.807, 2.05) is 24.8 Å². The monoisotopic (exact) mass is 458 g/mol. The fourth-order valence-electron chi connectivity index (χ4n) is 4.27. The van der Waals surface area contributed by atoms with E-state index in [0.717, 1.165) is 38.9 Å². The lowest BCUT2D eigenvalue weighted by Gasteiger charge is -2.37. The Kier molecular flexibility index (Phi) is 9.54. The summed E-state index contributed by atoms with van der Waals surface area (Å²) < 4.78 is 0. The Bertz CT molecular complexity index is 865. The number of benzene rings is 2. The molecule has 1 aliphatic rings. The Morgan fingerprint density at radius 3 is 2.16 bits per heavy atom. The fourth-order valence-corrected chi connectivity index (χ4v) is 4.27. The van der Waals surface area contributed by atoms with Gasteiger partial charge in [0, 0.05) is 43.0 Å². The van der Waals surface area contributed by atoms with Crippen molar-refractivity contribution in [1.82, 2.24) is 9.80 Å². The van der Waals surface area contributed by atoms with Gasteiger partial charge in [0.15, 0.2) is 0 Å². The van der Waals surface area contributed by atoms with E-state index < -0.39 is 6.03 Å². The second kappa shape index (κ2) is 11.9. The molecule has 0 spiro atoms. The molecular formula is C25H35ClN4O2. The van der Waals surface area contributed by atoms with Crippen molar-refractivity contribution in [3.63, 3.8) is 0 Å². The van der Waals surface area contributed by atoms with Crippen molar-refractivity contribution in [2.75, 3.05) is 31.6 Å². The standard InChI is InChI=1S/C25H34N4O2.ClH/c1-19(2)29(25(26)31)23-11-9-21(10-12-23)24(30)28-17-14-22(15-18-28)27(3)16-13-20-7-5-4-6-8-20;/h4-12,19,22H,13-18H2,1-3H3,(H2,26,31);1H. The highest BCUT2D eigenvalue weighted by atomic mass is 35.5. The lowest BCUT2D eigenvalue weighted by molar-refractivity contribution is 0.0647. The highest BCUT2D eigenvalue weighted by Crippen LogP contribution is 2.21. The molecule has 2 aromatic carbocycles. The molecule has 0 aromatic heterocycles. The van der Waals surface area contributed by atoms with E-state index in [4.69, 9.17) is 5.73 Å². The molecule has 0 bridgehead atoms. The molecule has 0 saturated carbocycles. The number of likely N-dealkylation sites (N-methyl/N-ethyl adjacent to an activating group) is 1. The van der Waals surface area contributed by atoms with Gasteiger partial charge in [-0.25, -0.2) is 4.79 Å². The highest BCUT2D eigenvalue weighted by molar-refractivity contribution is 5.96. The number of piperidine rings is 1. The number of rotatable bonds is 7. The number of halogens is 1. The van der Waals surface area contributed by atoms with Gasteiger partial charge < -0.3 is 15.5 Å². The fraction of sp³-hybridized carbons (Fsp3) is 0.440. The summed E-state index contributed by atoms with van der Waals surface area (Å²) in [5.41, 5.74) is 8.20. The number of carbonyl (C=O) groups is 2. The largest absolute Gasteiger partial charge is 0.351 e. The molecule has 1 aliphatic heterocycles. The first-order valence-electron chi connectivity index (χ1n) is 11.1. The topological polar surface area (TPSA) is 69.9 Å². The number of anilines is 1. The quantitative estimate of drug-likeness (QED) is 0.676. The summed E-state index contributed by atoms with van der Waals surface area (Å²) in [6.07, 6.45) is 3.01. The lowest BCUT2D eigenvalue weighted by Crippen LogP contribution is -2.46. The maximum absolute atomic E-state index is 12.9. The summed E-state index contributed by atoms with van der Waals surface area (Å²) in [6, 6.07) is 17.7. The summed E-state index contributed by atoms with van der Waals surface area (Å²) in [5, 5.41) is 0. The van der Waals surface area contributed by atoms with Gasteiger partial charge in [0.25, 0.3) is 5.91 Å². The van der Waals surface area contributed by atoms with Crippen LogP contribution in [-0.2, 0) is 6.42 Å². The van der Waals surface area contributed by atoms with Gasteiger partial charge in [0.2, 0.25) is 0 Å². The van der Waals surface area contributed by atoms with Crippen LogP contribution in [0.25, 0.3) is 0 Å². The molecule has 2 N–H and O–H groups in total. The van der Waals surface area contributed by atoms with Gasteiger partial charge in [0.05, 0.1) is 0 Å². The van der Waals surface area contributed by atoms with E-state index in [1.165, 1.54) is 10.5 Å². The third-order valence-corrected chi connectivity index (χ3v) is 6.12. The molecule has 0 radical (unpaired) electrons. The minimum Gasteiger partial charge on any atom is -0.351 e. The first-order chi connectivity index (χ1) is 14.9. The predicted octanol–water partition coefficient (Wildman–Crippen LogP) is 4.18. The van der Waals surface area contributed by atoms with Gasteiger partial charge in [-0.1, -0.05) is 30.3 Å². The molecule has 2 aromatic rings. The van der Waals surface area contributed by atoms with Crippen LogP contribution >= 0.6 is 12.4 Å². The van der Waals surface area contributed by atoms with Crippen LogP contribution in [0.3, 0.4) is 0 Å². The SMILES string of the molecule is CC(C)N(C(N)=O)c1ccc(C(=O)N2CCC(N(C)CCc3ccccc3)CC2)cc1.Cl. The van der Waals surface area contributed by atoms with Crippen molar-refractivity contribution in [1.29, 1.82) is 0 Å². The zero-order chi connectivity index (χ0) is 22.4. The normalized spacial score (nSPS) is 14.3. The van der Waals surface area contributed by atoms with Crippen LogP contribution in [0.1, 0.15) is 42.6 Å². The van der Waals surface area contributed by atoms with Crippen LogP contribution in [0.15, 0.2) is 54.6 Å². The van der Waals surface area contributed by atoms with E-state index >= 15 is 0 Å². The van der Waals surface area contributed by atoms with Gasteiger partial charge in [0.1, 0.15) is 0 Å². The molecule has 32 heavy (non-hydrogen) atoms. The summed E-state index contributed by atoms with van der Waals surface area (Å²) in [7, 11) is 2.18. The molecule has 1 heterocycles. The van der Waals surface area contributed by atoms with Crippen LogP contribution < -0.4 is 10.6 Å². The molecule has 3 amide bonds. The van der Waals surface area contributed by atoms with Crippen molar-refractivity contribution in [2.24, 2.45) is 5.73 Å². The van der Waals surface area contributed by atoms with Crippen molar-refractivity contribution in [3.05, 3.63) is 65.7 Å². The van der Waals surface area contributed by atoms with Gasteiger partial charge in [-0.05, 0) is 70.0 Å². The number of hydrogen-bond acceptors (Lipinski definition) is 3. The summed E-state index contributed by atoms with van der Waals surface area (Å²) in [4.78, 5) is 30.5. The molecule has 1 fully saturated rings. The number of urea groups is 1. The summed E-state index contributed by atoms with van der Waals surface area (Å²) in [6.45, 7) is 6.37. The molecule has 0 atom stereocenters. The predicted molar refractivity (Wildman–Crippen MR) is 133 cm³/mol. The number of hydrogen-bond donors (Lipinski definition) is 1. The highest BCUT2D eigenvalue weighted by Gasteiger charge is 2.26. The number of carbonyl (C=O) groups excluding carboxylic acids is 2. The molecule has 7 heteroatoms. The first kappa shape index (κ1) is 25.7. The number of nitrogens with zero attached hydrogens (tertiary/aromatic N) is 3. The average Bonchev–Trinajstić information content (AvgIpc) is 2.78. The Labute approximate surface area is 197 Å². The van der Waals surface area contributed by atoms with Gasteiger partial charge >= 0.3 is 6.03 Å². The van der Waals surface area contributed by atoms with E-state index in [-0.39, 0.29) is 24.4 Å². The number of primary amides is 1. The number of amides is 3. The van der Waals surface area contributed by atoms with Crippen molar-refractivity contribution < 1.29 is 9.59 Å². The van der Waals surface area contributed by atoms with E-state index in [1.54, 1.807) is 24.3 Å². The maximum Gasteiger partial charge on any atom is 0.319 e. The average molecular weight is 459 g/mol. The van der Waals surface area contributed by atoms with Crippen LogP contribution in [0.4, 0.5) is 10.5 Å². The molecule has 0 aliphatic carbocycles. The van der Waals surface area contributed by atoms with Crippen molar-refractivity contribution in [3.8, 4) is 0 Å². The van der Waals surface area contributed by atoms with Gasteiger partial charge in [-0.3, -0.25) is 9.69 Å². The van der Waals surface area contributed by atoms with Crippen LogP contribution in [0.5, 0.6) is 0 Å². The Morgan fingerprint density at radius 1 is 1.03 bits per heavy atom. The molecule has 0 unspecified atom stereocenters. The van der Waals surface area contributed by atoms with E-state index in [2.05, 4.69) is 36.2 Å². The first-order valence-corrected chi connectivity index (χ1v) is 11.1. The van der Waals surface area contributed by atoms with Gasteiger partial charge in [-0.15, -0.1) is 12.4 Å². The summed E-state index contributed by atoms with van der Waals surface area (Å²) >= 11 is 0. The molecule has 1 saturated heterocycles. The van der Waals surface area contributed by atoms with Crippen LogP contribution in [0.2, 0.25) is 0 Å². The Balaban J connectivity index is 0.00000363. The third kappa shape index (κ3) is 6.47. The van der Waals surface area contributed by atoms with E-state index in [9.17, 15) is 9.59 Å². The van der Waals surface area contributed by atoms with Crippen LogP contribution in [0, 0.1) is 0 Å². The molecule has 174 valence electrons. The third-order valence-electron chi connectivity index (χ3n) is 6.12. The molecule has 3 rings (SSSR count). The van der Waals surface area contributed by atoms with E-state index in [0.29, 0.717) is 17.3 Å². The van der Waals surface area contributed by atoms with Crippen molar-refractivity contribution >= 4 is 30.0 Å². The Morgan fingerprint density at radius 2 is 1.62 bits per heavy atom. The van der Waals surface area contributed by atoms with Crippen LogP contribution in [-0.4, -0.2) is 60.5 Å². The summed E-state index contributed by atoms with van der Waals surface area (Å²) in [5.74, 6) is 0.0483. The molecule has 6 nitrogen and oxygen atoms in total. The molecular weight excluding hydrogens is 424 g/mol. The smallest absolute Gasteiger partial charge is 0.319 e. The second-order valence-corrected chi connectivity index (χ2v) is 8.59. The minimum atomic E-state index is -0.493. The maximum atomic E-state index is 12.9. The lowest BCUT2D eigenvalue weighted by atomic mass is 10.0. The zero-order valence-electron chi connectivity index (χ0n) is 19.2. The number of nitrogens with two attached hydrogens (primary N) is 1. The second-order valence-electron chi connectivity index (χ2n) is 8.59. The Hall–Kier alpha value is -2.57. The van der Waals surface area contributed by atoms with Gasteiger partial charge in [-0.2, -0.15) is 0 Å².